The Kier molecular flexibility index (Phi) is 4.44. The molecule has 3 rings (SSSR count). The van der Waals surface area contributed by atoms with E-state index in [0.29, 0.717) is 30.1 Å². The van der Waals surface area contributed by atoms with E-state index >= 15 is 0 Å². The van der Waals surface area contributed by atoms with Gasteiger partial charge in [0.15, 0.2) is 0 Å². The van der Waals surface area contributed by atoms with E-state index < -0.39 is 5.79 Å². The first-order valence-electron chi connectivity index (χ1n) is 9.53. The maximum Gasteiger partial charge on any atom is 0.333 e. The van der Waals surface area contributed by atoms with Crippen LogP contribution >= 0.6 is 0 Å². The number of allylic oxidation sites excluding steroid dienone is 2. The van der Waals surface area contributed by atoms with Crippen molar-refractivity contribution in [2.24, 2.45) is 35.0 Å². The van der Waals surface area contributed by atoms with Crippen molar-refractivity contribution in [3.8, 4) is 0 Å². The van der Waals surface area contributed by atoms with Crippen LogP contribution in [0.15, 0.2) is 23.8 Å². The van der Waals surface area contributed by atoms with Gasteiger partial charge < -0.3 is 9.84 Å². The lowest BCUT2D eigenvalue weighted by Crippen LogP contribution is -2.46. The molecule has 0 aromatic heterocycles. The van der Waals surface area contributed by atoms with Gasteiger partial charge in [-0.3, -0.25) is 0 Å². The van der Waals surface area contributed by atoms with Gasteiger partial charge in [-0.05, 0) is 54.3 Å². The van der Waals surface area contributed by atoms with E-state index in [9.17, 15) is 9.90 Å². The van der Waals surface area contributed by atoms with Gasteiger partial charge in [-0.2, -0.15) is 0 Å². The normalized spacial score (nSPS) is 41.1. The second-order valence-electron chi connectivity index (χ2n) is 8.89. The highest BCUT2D eigenvalue weighted by atomic mass is 16.7. The lowest BCUT2D eigenvalue weighted by atomic mass is 9.60. The molecular formula is C21H32O3. The van der Waals surface area contributed by atoms with Crippen LogP contribution in [-0.2, 0) is 9.53 Å². The predicted octanol–water partition coefficient (Wildman–Crippen LogP) is 4.47. The van der Waals surface area contributed by atoms with E-state index in [4.69, 9.17) is 4.74 Å². The van der Waals surface area contributed by atoms with Crippen molar-refractivity contribution in [2.75, 3.05) is 0 Å². The third-order valence-corrected chi connectivity index (χ3v) is 7.19. The molecule has 1 heterocycles. The van der Waals surface area contributed by atoms with Crippen molar-refractivity contribution in [2.45, 2.75) is 66.1 Å². The van der Waals surface area contributed by atoms with Crippen molar-refractivity contribution >= 4 is 5.97 Å². The average molecular weight is 332 g/mol. The van der Waals surface area contributed by atoms with Crippen LogP contribution < -0.4 is 0 Å². The van der Waals surface area contributed by atoms with E-state index in [1.807, 2.05) is 0 Å². The van der Waals surface area contributed by atoms with E-state index in [1.54, 1.807) is 6.08 Å². The van der Waals surface area contributed by atoms with Crippen molar-refractivity contribution in [1.82, 2.24) is 0 Å². The minimum absolute atomic E-state index is 0.150. The zero-order valence-corrected chi connectivity index (χ0v) is 15.7. The summed E-state index contributed by atoms with van der Waals surface area (Å²) in [6.07, 6.45) is 9.98. The first-order valence-corrected chi connectivity index (χ1v) is 9.53. The number of carbonyl (C=O) groups excluding carboxylic acids is 1. The largest absolute Gasteiger partial charge is 0.426 e. The highest BCUT2D eigenvalue weighted by Crippen LogP contribution is 2.62. The molecule has 0 aromatic rings. The number of fused-ring (bicyclic) bond motifs is 3. The molecule has 1 aliphatic heterocycles. The minimum Gasteiger partial charge on any atom is -0.426 e. The van der Waals surface area contributed by atoms with Crippen LogP contribution in [0.3, 0.4) is 0 Å². The van der Waals surface area contributed by atoms with Gasteiger partial charge in [-0.25, -0.2) is 4.79 Å². The van der Waals surface area contributed by atoms with Crippen molar-refractivity contribution < 1.29 is 14.6 Å². The molecule has 6 atom stereocenters. The summed E-state index contributed by atoms with van der Waals surface area (Å²) < 4.78 is 5.22. The topological polar surface area (TPSA) is 46.5 Å². The Bertz CT molecular complexity index is 576. The summed E-state index contributed by atoms with van der Waals surface area (Å²) in [5.74, 6) is 0.950. The number of aliphatic hydroxyl groups is 1. The zero-order chi connectivity index (χ0) is 17.7. The third kappa shape index (κ3) is 2.75. The Labute approximate surface area is 146 Å². The third-order valence-electron chi connectivity index (χ3n) is 7.19. The predicted molar refractivity (Wildman–Crippen MR) is 95.0 cm³/mol. The van der Waals surface area contributed by atoms with Crippen LogP contribution in [0.1, 0.15) is 60.3 Å². The van der Waals surface area contributed by atoms with Gasteiger partial charge in [0, 0.05) is 18.1 Å². The van der Waals surface area contributed by atoms with Crippen molar-refractivity contribution in [3.05, 3.63) is 23.8 Å². The number of rotatable bonds is 4. The summed E-state index contributed by atoms with van der Waals surface area (Å²) >= 11 is 0. The van der Waals surface area contributed by atoms with Gasteiger partial charge in [0.2, 0.25) is 5.79 Å². The molecule has 3 heteroatoms. The number of hydrogen-bond acceptors (Lipinski definition) is 3. The second-order valence-corrected chi connectivity index (χ2v) is 8.89. The molecule has 3 nitrogen and oxygen atoms in total. The van der Waals surface area contributed by atoms with E-state index in [2.05, 4.69) is 46.8 Å². The summed E-state index contributed by atoms with van der Waals surface area (Å²) in [6, 6.07) is 0. The molecule has 0 radical (unpaired) electrons. The molecule has 0 saturated heterocycles. The van der Waals surface area contributed by atoms with Gasteiger partial charge in [-0.15, -0.1) is 0 Å². The fraction of sp³-hybridized carbons (Fsp3) is 0.762. The standard InChI is InChI=1S/C21H32O3/c1-13(2)14(3)6-7-15(4)16-8-9-17-18-12-19(22)24-21(18,23)11-10-20(16,17)5/h6-7,12-17,23H,8-11H2,1-5H3/t14-,15+,16+,17?,20+,21-/m0/s1. The number of hydrogen-bond donors (Lipinski definition) is 1. The zero-order valence-electron chi connectivity index (χ0n) is 15.7. The molecule has 2 aliphatic carbocycles. The van der Waals surface area contributed by atoms with E-state index in [-0.39, 0.29) is 17.3 Å². The number of esters is 1. The first-order chi connectivity index (χ1) is 11.2. The van der Waals surface area contributed by atoms with Crippen molar-refractivity contribution in [3.63, 3.8) is 0 Å². The Morgan fingerprint density at radius 3 is 2.58 bits per heavy atom. The molecule has 24 heavy (non-hydrogen) atoms. The molecule has 0 bridgehead atoms. The Morgan fingerprint density at radius 2 is 1.92 bits per heavy atom. The van der Waals surface area contributed by atoms with E-state index in [0.717, 1.165) is 24.8 Å². The van der Waals surface area contributed by atoms with Crippen LogP contribution in [-0.4, -0.2) is 16.9 Å². The highest BCUT2D eigenvalue weighted by molar-refractivity contribution is 5.86. The van der Waals surface area contributed by atoms with Gasteiger partial charge in [-0.1, -0.05) is 46.8 Å². The molecular weight excluding hydrogens is 300 g/mol. The molecule has 2 saturated carbocycles. The fourth-order valence-corrected chi connectivity index (χ4v) is 5.21. The van der Waals surface area contributed by atoms with Crippen molar-refractivity contribution in [1.29, 1.82) is 0 Å². The summed E-state index contributed by atoms with van der Waals surface area (Å²) in [5.41, 5.74) is 0.993. The number of ether oxygens (including phenoxy) is 1. The van der Waals surface area contributed by atoms with Gasteiger partial charge in [0.05, 0.1) is 0 Å². The molecule has 1 unspecified atom stereocenters. The molecule has 0 aromatic carbocycles. The lowest BCUT2D eigenvalue weighted by Gasteiger charge is -2.47. The molecule has 134 valence electrons. The fourth-order valence-electron chi connectivity index (χ4n) is 5.21. The smallest absolute Gasteiger partial charge is 0.333 e. The Balaban J connectivity index is 1.80. The van der Waals surface area contributed by atoms with Gasteiger partial charge >= 0.3 is 5.97 Å². The summed E-state index contributed by atoms with van der Waals surface area (Å²) in [4.78, 5) is 11.7. The molecule has 3 aliphatic rings. The van der Waals surface area contributed by atoms with Crippen LogP contribution in [0.25, 0.3) is 0 Å². The molecule has 1 N–H and O–H groups in total. The SMILES string of the molecule is CC(C)[C@@H](C)C=C[C@@H](C)[C@H]1CCC2C3=CC(=O)O[C@@]3(O)CC[C@@]21C. The summed E-state index contributed by atoms with van der Waals surface area (Å²) in [7, 11) is 0. The summed E-state index contributed by atoms with van der Waals surface area (Å²) in [6.45, 7) is 11.5. The lowest BCUT2D eigenvalue weighted by molar-refractivity contribution is -0.196. The highest BCUT2D eigenvalue weighted by Gasteiger charge is 2.59. The quantitative estimate of drug-likeness (QED) is 0.610. The molecule has 0 spiro atoms. The molecule has 0 amide bonds. The minimum atomic E-state index is -1.32. The van der Waals surface area contributed by atoms with Crippen LogP contribution in [0.4, 0.5) is 0 Å². The first kappa shape index (κ1) is 17.7. The van der Waals surface area contributed by atoms with Crippen LogP contribution in [0, 0.1) is 35.0 Å². The Hall–Kier alpha value is -1.09. The Morgan fingerprint density at radius 1 is 1.21 bits per heavy atom. The van der Waals surface area contributed by atoms with Gasteiger partial charge in [0.1, 0.15) is 0 Å². The maximum absolute atomic E-state index is 11.7. The summed E-state index contributed by atoms with van der Waals surface area (Å²) in [5, 5.41) is 10.7. The molecule has 2 fully saturated rings. The average Bonchev–Trinajstić information content (AvgIpc) is 3.00. The van der Waals surface area contributed by atoms with E-state index in [1.165, 1.54) is 0 Å². The van der Waals surface area contributed by atoms with Crippen LogP contribution in [0.5, 0.6) is 0 Å². The van der Waals surface area contributed by atoms with Crippen LogP contribution in [0.2, 0.25) is 0 Å². The monoisotopic (exact) mass is 332 g/mol. The number of carbonyl (C=O) groups is 1. The maximum atomic E-state index is 11.7. The second kappa shape index (κ2) is 6.01. The van der Waals surface area contributed by atoms with Gasteiger partial charge in [0.25, 0.3) is 0 Å².